The summed E-state index contributed by atoms with van der Waals surface area (Å²) in [6, 6.07) is 15.8. The van der Waals surface area contributed by atoms with Crippen LogP contribution in [0.4, 0.5) is 17.1 Å². The van der Waals surface area contributed by atoms with Gasteiger partial charge in [-0.05, 0) is 48.7 Å². The van der Waals surface area contributed by atoms with E-state index in [9.17, 15) is 0 Å². The Morgan fingerprint density at radius 1 is 1.15 bits per heavy atom. The summed E-state index contributed by atoms with van der Waals surface area (Å²) in [5.41, 5.74) is 9.94. The zero-order valence-electron chi connectivity index (χ0n) is 11.7. The Labute approximate surface area is 120 Å². The van der Waals surface area contributed by atoms with E-state index in [0.717, 1.165) is 17.8 Å². The number of hydrogen-bond donors (Lipinski definition) is 2. The average Bonchev–Trinajstić information content (AvgIpc) is 2.48. The highest BCUT2D eigenvalue weighted by Crippen LogP contribution is 2.23. The summed E-state index contributed by atoms with van der Waals surface area (Å²) in [6.45, 7) is 2.19. The van der Waals surface area contributed by atoms with Gasteiger partial charge in [0.2, 0.25) is 0 Å². The van der Waals surface area contributed by atoms with Crippen LogP contribution in [0.3, 0.4) is 0 Å². The first-order valence-corrected chi connectivity index (χ1v) is 6.88. The zero-order valence-corrected chi connectivity index (χ0v) is 11.7. The van der Waals surface area contributed by atoms with E-state index in [2.05, 4.69) is 30.4 Å². The number of nitrogens with one attached hydrogen (secondary N) is 1. The first-order valence-electron chi connectivity index (χ1n) is 6.88. The highest BCUT2D eigenvalue weighted by atomic mass is 14.9. The number of rotatable bonds is 5. The molecule has 0 bridgehead atoms. The van der Waals surface area contributed by atoms with E-state index in [1.54, 1.807) is 12.1 Å². The number of unbranched alkanes of at least 4 members (excludes halogenated alkanes) is 1. The molecule has 0 aromatic heterocycles. The normalized spacial score (nSPS) is 10.0. The first-order chi connectivity index (χ1) is 9.72. The van der Waals surface area contributed by atoms with Gasteiger partial charge in [0.05, 0.1) is 11.3 Å². The quantitative estimate of drug-likeness (QED) is 0.795. The predicted molar refractivity (Wildman–Crippen MR) is 83.9 cm³/mol. The topological polar surface area (TPSA) is 61.8 Å². The number of nitrogens with zero attached hydrogens (tertiary/aromatic N) is 1. The summed E-state index contributed by atoms with van der Waals surface area (Å²) < 4.78 is 0. The van der Waals surface area contributed by atoms with Gasteiger partial charge in [0, 0.05) is 11.4 Å². The van der Waals surface area contributed by atoms with Crippen molar-refractivity contribution in [2.45, 2.75) is 26.2 Å². The van der Waals surface area contributed by atoms with E-state index in [0.29, 0.717) is 11.3 Å². The number of benzene rings is 2. The van der Waals surface area contributed by atoms with Gasteiger partial charge in [-0.1, -0.05) is 25.5 Å². The maximum Gasteiger partial charge on any atom is 0.101 e. The SMILES string of the molecule is CCCCc1ccc(Nc2ccc(N)cc2C#N)cc1. The molecule has 0 fully saturated rings. The molecule has 0 radical (unpaired) electrons. The van der Waals surface area contributed by atoms with Crippen LogP contribution in [0.15, 0.2) is 42.5 Å². The zero-order chi connectivity index (χ0) is 14.4. The Bertz CT molecular complexity index is 609. The van der Waals surface area contributed by atoms with Crippen LogP contribution in [0.1, 0.15) is 30.9 Å². The molecule has 102 valence electrons. The van der Waals surface area contributed by atoms with Gasteiger partial charge in [0.1, 0.15) is 6.07 Å². The third-order valence-corrected chi connectivity index (χ3v) is 3.22. The third-order valence-electron chi connectivity index (χ3n) is 3.22. The van der Waals surface area contributed by atoms with Gasteiger partial charge in [-0.3, -0.25) is 0 Å². The second-order valence-electron chi connectivity index (χ2n) is 4.84. The van der Waals surface area contributed by atoms with E-state index in [4.69, 9.17) is 11.0 Å². The molecular weight excluding hydrogens is 246 g/mol. The van der Waals surface area contributed by atoms with Gasteiger partial charge >= 0.3 is 0 Å². The van der Waals surface area contributed by atoms with Crippen molar-refractivity contribution in [1.82, 2.24) is 0 Å². The predicted octanol–water partition coefficient (Wildman–Crippen LogP) is 4.23. The van der Waals surface area contributed by atoms with Crippen molar-refractivity contribution in [1.29, 1.82) is 5.26 Å². The maximum atomic E-state index is 9.12. The first kappa shape index (κ1) is 14.0. The van der Waals surface area contributed by atoms with E-state index in [1.165, 1.54) is 18.4 Å². The van der Waals surface area contributed by atoms with Crippen LogP contribution in [-0.4, -0.2) is 0 Å². The lowest BCUT2D eigenvalue weighted by Gasteiger charge is -2.09. The molecule has 0 aliphatic carbocycles. The minimum absolute atomic E-state index is 0.556. The maximum absolute atomic E-state index is 9.12. The molecule has 0 saturated heterocycles. The summed E-state index contributed by atoms with van der Waals surface area (Å²) in [6.07, 6.45) is 3.53. The van der Waals surface area contributed by atoms with Crippen LogP contribution in [-0.2, 0) is 6.42 Å². The molecule has 0 aliphatic heterocycles. The average molecular weight is 265 g/mol. The van der Waals surface area contributed by atoms with Crippen LogP contribution >= 0.6 is 0 Å². The van der Waals surface area contributed by atoms with Crippen molar-refractivity contribution in [3.63, 3.8) is 0 Å². The Morgan fingerprint density at radius 3 is 2.55 bits per heavy atom. The monoisotopic (exact) mass is 265 g/mol. The molecule has 0 heterocycles. The Kier molecular flexibility index (Phi) is 4.62. The van der Waals surface area contributed by atoms with Crippen molar-refractivity contribution in [3.05, 3.63) is 53.6 Å². The number of nitriles is 1. The minimum atomic E-state index is 0.556. The summed E-state index contributed by atoms with van der Waals surface area (Å²) in [7, 11) is 0. The molecule has 3 N–H and O–H groups in total. The van der Waals surface area contributed by atoms with Crippen LogP contribution in [0.25, 0.3) is 0 Å². The lowest BCUT2D eigenvalue weighted by atomic mass is 10.1. The van der Waals surface area contributed by atoms with Crippen LogP contribution < -0.4 is 11.1 Å². The van der Waals surface area contributed by atoms with Gasteiger partial charge in [-0.15, -0.1) is 0 Å². The standard InChI is InChI=1S/C17H19N3/c1-2-3-4-13-5-8-16(9-6-13)20-17-10-7-15(19)11-14(17)12-18/h5-11,20H,2-4,19H2,1H3. The van der Waals surface area contributed by atoms with Gasteiger partial charge in [-0.25, -0.2) is 0 Å². The Morgan fingerprint density at radius 2 is 1.90 bits per heavy atom. The Balaban J connectivity index is 2.12. The van der Waals surface area contributed by atoms with E-state index >= 15 is 0 Å². The molecule has 2 aromatic carbocycles. The molecule has 0 unspecified atom stereocenters. The second-order valence-corrected chi connectivity index (χ2v) is 4.84. The van der Waals surface area contributed by atoms with Crippen LogP contribution in [0.5, 0.6) is 0 Å². The number of nitrogen functional groups attached to an aromatic ring is 1. The van der Waals surface area contributed by atoms with Crippen molar-refractivity contribution in [2.24, 2.45) is 0 Å². The summed E-state index contributed by atoms with van der Waals surface area (Å²) in [4.78, 5) is 0. The van der Waals surface area contributed by atoms with Crippen LogP contribution in [0, 0.1) is 11.3 Å². The molecule has 3 nitrogen and oxygen atoms in total. The Hall–Kier alpha value is -2.47. The fourth-order valence-corrected chi connectivity index (χ4v) is 2.05. The number of hydrogen-bond acceptors (Lipinski definition) is 3. The third kappa shape index (κ3) is 3.52. The molecule has 0 aliphatic rings. The van der Waals surface area contributed by atoms with Crippen molar-refractivity contribution in [2.75, 3.05) is 11.1 Å². The van der Waals surface area contributed by atoms with Crippen molar-refractivity contribution >= 4 is 17.1 Å². The van der Waals surface area contributed by atoms with E-state index in [-0.39, 0.29) is 0 Å². The van der Waals surface area contributed by atoms with Crippen molar-refractivity contribution in [3.8, 4) is 6.07 Å². The lowest BCUT2D eigenvalue weighted by molar-refractivity contribution is 0.795. The van der Waals surface area contributed by atoms with E-state index < -0.39 is 0 Å². The lowest BCUT2D eigenvalue weighted by Crippen LogP contribution is -1.95. The van der Waals surface area contributed by atoms with Gasteiger partial charge in [-0.2, -0.15) is 5.26 Å². The summed E-state index contributed by atoms with van der Waals surface area (Å²) in [5.74, 6) is 0. The molecule has 0 amide bonds. The molecule has 3 heteroatoms. The fourth-order valence-electron chi connectivity index (χ4n) is 2.05. The molecule has 2 rings (SSSR count). The molecule has 0 atom stereocenters. The molecular formula is C17H19N3. The number of anilines is 3. The van der Waals surface area contributed by atoms with Crippen LogP contribution in [0.2, 0.25) is 0 Å². The fraction of sp³-hybridized carbons (Fsp3) is 0.235. The molecule has 20 heavy (non-hydrogen) atoms. The highest BCUT2D eigenvalue weighted by molar-refractivity contribution is 5.69. The number of nitrogens with two attached hydrogens (primary N) is 1. The van der Waals surface area contributed by atoms with Gasteiger partial charge < -0.3 is 11.1 Å². The molecule has 0 spiro atoms. The summed E-state index contributed by atoms with van der Waals surface area (Å²) >= 11 is 0. The molecule has 2 aromatic rings. The number of aryl methyl sites for hydroxylation is 1. The second kappa shape index (κ2) is 6.63. The highest BCUT2D eigenvalue weighted by Gasteiger charge is 2.03. The van der Waals surface area contributed by atoms with E-state index in [1.807, 2.05) is 18.2 Å². The summed E-state index contributed by atoms with van der Waals surface area (Å²) in [5, 5.41) is 12.4. The molecule has 0 saturated carbocycles. The van der Waals surface area contributed by atoms with Crippen molar-refractivity contribution < 1.29 is 0 Å². The van der Waals surface area contributed by atoms with Gasteiger partial charge in [0.15, 0.2) is 0 Å². The smallest absolute Gasteiger partial charge is 0.101 e. The minimum Gasteiger partial charge on any atom is -0.399 e. The largest absolute Gasteiger partial charge is 0.399 e. The van der Waals surface area contributed by atoms with Gasteiger partial charge in [0.25, 0.3) is 0 Å².